The van der Waals surface area contributed by atoms with Crippen molar-refractivity contribution in [1.29, 1.82) is 0 Å². The van der Waals surface area contributed by atoms with E-state index in [-0.39, 0.29) is 12.7 Å². The molecule has 0 aliphatic rings. The van der Waals surface area contributed by atoms with Crippen LogP contribution in [0.2, 0.25) is 0 Å². The summed E-state index contributed by atoms with van der Waals surface area (Å²) in [5.74, 6) is -0.167. The third-order valence-electron chi connectivity index (χ3n) is 1.28. The second-order valence-electron chi connectivity index (χ2n) is 2.33. The largest absolute Gasteiger partial charge is 0.356 e. The summed E-state index contributed by atoms with van der Waals surface area (Å²) in [5.41, 5.74) is 2.26. The molecule has 0 atom stereocenters. The first kappa shape index (κ1) is 10.2. The smallest absolute Gasteiger partial charge is 0.248 e. The Morgan fingerprint density at radius 1 is 1.69 bits per heavy atom. The summed E-state index contributed by atoms with van der Waals surface area (Å²) in [5, 5.41) is 1.93. The fraction of sp³-hybridized carbons (Fsp3) is 0.375. The van der Waals surface area contributed by atoms with Crippen molar-refractivity contribution in [3.05, 3.63) is 22.4 Å². The zero-order chi connectivity index (χ0) is 9.52. The van der Waals surface area contributed by atoms with Gasteiger partial charge in [0.1, 0.15) is 0 Å². The average molecular weight is 201 g/mol. The van der Waals surface area contributed by atoms with Crippen molar-refractivity contribution < 1.29 is 14.4 Å². The van der Waals surface area contributed by atoms with Crippen LogP contribution in [0.4, 0.5) is 0 Å². The number of hydrogen-bond acceptors (Lipinski definition) is 4. The summed E-state index contributed by atoms with van der Waals surface area (Å²) in [6, 6.07) is 3.81. The van der Waals surface area contributed by atoms with Crippen LogP contribution < -0.4 is 5.48 Å². The third kappa shape index (κ3) is 4.02. The highest BCUT2D eigenvalue weighted by Crippen LogP contribution is 2.08. The van der Waals surface area contributed by atoms with Crippen LogP contribution in [0.1, 0.15) is 4.88 Å². The Balaban J connectivity index is 2.18. The highest BCUT2D eigenvalue weighted by atomic mass is 32.1. The number of ether oxygens (including phenoxy) is 1. The molecule has 0 bridgehead atoms. The van der Waals surface area contributed by atoms with Crippen LogP contribution in [0.5, 0.6) is 0 Å². The molecule has 1 amide bonds. The van der Waals surface area contributed by atoms with Gasteiger partial charge in [0, 0.05) is 12.0 Å². The maximum absolute atomic E-state index is 11.1. The molecule has 0 saturated carbocycles. The van der Waals surface area contributed by atoms with Crippen LogP contribution in [0.3, 0.4) is 0 Å². The lowest BCUT2D eigenvalue weighted by atomic mass is 10.3. The zero-order valence-electron chi connectivity index (χ0n) is 7.28. The van der Waals surface area contributed by atoms with Crippen molar-refractivity contribution in [2.75, 3.05) is 13.9 Å². The second-order valence-corrected chi connectivity index (χ2v) is 3.36. The monoisotopic (exact) mass is 201 g/mol. The molecule has 0 unspecified atom stereocenters. The summed E-state index contributed by atoms with van der Waals surface area (Å²) in [6.07, 6.45) is 0.349. The Morgan fingerprint density at radius 2 is 2.54 bits per heavy atom. The van der Waals surface area contributed by atoms with Gasteiger partial charge < -0.3 is 4.74 Å². The molecule has 1 heterocycles. The minimum Gasteiger partial charge on any atom is -0.356 e. The molecule has 5 heteroatoms. The summed E-state index contributed by atoms with van der Waals surface area (Å²) in [7, 11) is 1.49. The molecular formula is C8H11NO3S. The van der Waals surface area contributed by atoms with E-state index in [1.54, 1.807) is 11.3 Å². The Hall–Kier alpha value is -0.910. The third-order valence-corrected chi connectivity index (χ3v) is 2.15. The van der Waals surface area contributed by atoms with Gasteiger partial charge in [-0.3, -0.25) is 4.79 Å². The predicted octanol–water partition coefficient (Wildman–Crippen LogP) is 0.942. The first-order chi connectivity index (χ1) is 6.33. The van der Waals surface area contributed by atoms with Gasteiger partial charge in [-0.25, -0.2) is 10.3 Å². The van der Waals surface area contributed by atoms with E-state index in [2.05, 4.69) is 15.1 Å². The number of carbonyl (C=O) groups excluding carboxylic acids is 1. The van der Waals surface area contributed by atoms with E-state index in [1.807, 2.05) is 17.5 Å². The number of hydrogen-bond donors (Lipinski definition) is 1. The normalized spacial score (nSPS) is 9.92. The van der Waals surface area contributed by atoms with Crippen LogP contribution in [-0.2, 0) is 20.8 Å². The van der Waals surface area contributed by atoms with Gasteiger partial charge in [0.15, 0.2) is 6.79 Å². The van der Waals surface area contributed by atoms with Gasteiger partial charge >= 0.3 is 0 Å². The molecule has 0 spiro atoms. The number of nitrogens with one attached hydrogen (secondary N) is 1. The van der Waals surface area contributed by atoms with E-state index >= 15 is 0 Å². The summed E-state index contributed by atoms with van der Waals surface area (Å²) < 4.78 is 4.59. The van der Waals surface area contributed by atoms with Crippen LogP contribution in [0, 0.1) is 0 Å². The fourth-order valence-corrected chi connectivity index (χ4v) is 1.48. The topological polar surface area (TPSA) is 47.6 Å². The second kappa shape index (κ2) is 5.69. The molecule has 0 fully saturated rings. The van der Waals surface area contributed by atoms with Crippen LogP contribution in [0.25, 0.3) is 0 Å². The molecule has 1 aromatic rings. The average Bonchev–Trinajstić information content (AvgIpc) is 2.57. The van der Waals surface area contributed by atoms with E-state index in [9.17, 15) is 4.79 Å². The highest BCUT2D eigenvalue weighted by molar-refractivity contribution is 7.10. The lowest BCUT2D eigenvalue weighted by molar-refractivity contribution is -0.143. The molecule has 1 N–H and O–H groups in total. The van der Waals surface area contributed by atoms with Crippen LogP contribution >= 0.6 is 11.3 Å². The predicted molar refractivity (Wildman–Crippen MR) is 49.1 cm³/mol. The summed E-state index contributed by atoms with van der Waals surface area (Å²) in [6.45, 7) is 0.0657. The van der Waals surface area contributed by atoms with Crippen molar-refractivity contribution in [1.82, 2.24) is 5.48 Å². The number of thiophene rings is 1. The van der Waals surface area contributed by atoms with Gasteiger partial charge in [0.25, 0.3) is 0 Å². The molecule has 1 rings (SSSR count). The first-order valence-corrected chi connectivity index (χ1v) is 4.63. The zero-order valence-corrected chi connectivity index (χ0v) is 8.10. The minimum absolute atomic E-state index is 0.0657. The van der Waals surface area contributed by atoms with Crippen molar-refractivity contribution in [2.45, 2.75) is 6.42 Å². The molecule has 13 heavy (non-hydrogen) atoms. The van der Waals surface area contributed by atoms with Gasteiger partial charge in [-0.15, -0.1) is 11.3 Å². The molecule has 0 aromatic carbocycles. The number of hydroxylamine groups is 1. The Kier molecular flexibility index (Phi) is 4.45. The molecule has 1 aromatic heterocycles. The van der Waals surface area contributed by atoms with Gasteiger partial charge in [-0.05, 0) is 11.4 Å². The number of rotatable bonds is 5. The minimum atomic E-state index is -0.167. The Morgan fingerprint density at radius 3 is 3.15 bits per heavy atom. The number of carbonyl (C=O) groups is 1. The lowest BCUT2D eigenvalue weighted by Crippen LogP contribution is -2.25. The van der Waals surface area contributed by atoms with Crippen molar-refractivity contribution >= 4 is 17.2 Å². The quantitative estimate of drug-likeness (QED) is 0.438. The fourth-order valence-electron chi connectivity index (χ4n) is 0.776. The van der Waals surface area contributed by atoms with E-state index in [0.29, 0.717) is 6.42 Å². The molecule has 0 radical (unpaired) electrons. The van der Waals surface area contributed by atoms with Gasteiger partial charge in [-0.2, -0.15) is 0 Å². The highest BCUT2D eigenvalue weighted by Gasteiger charge is 2.02. The lowest BCUT2D eigenvalue weighted by Gasteiger charge is -2.02. The Bertz CT molecular complexity index is 248. The first-order valence-electron chi connectivity index (χ1n) is 3.75. The number of methoxy groups -OCH3 is 1. The maximum atomic E-state index is 11.1. The van der Waals surface area contributed by atoms with E-state index < -0.39 is 0 Å². The summed E-state index contributed by atoms with van der Waals surface area (Å²) in [4.78, 5) is 16.8. The van der Waals surface area contributed by atoms with E-state index in [0.717, 1.165) is 4.88 Å². The molecule has 0 saturated heterocycles. The molecular weight excluding hydrogens is 190 g/mol. The molecule has 0 aliphatic heterocycles. The summed E-state index contributed by atoms with van der Waals surface area (Å²) >= 11 is 1.54. The van der Waals surface area contributed by atoms with Gasteiger partial charge in [-0.1, -0.05) is 6.07 Å². The van der Waals surface area contributed by atoms with E-state index in [1.165, 1.54) is 7.11 Å². The van der Waals surface area contributed by atoms with E-state index in [4.69, 9.17) is 0 Å². The molecule has 72 valence electrons. The Labute approximate surface area is 80.4 Å². The van der Waals surface area contributed by atoms with Crippen LogP contribution in [-0.4, -0.2) is 19.8 Å². The van der Waals surface area contributed by atoms with Gasteiger partial charge in [0.2, 0.25) is 5.91 Å². The van der Waals surface area contributed by atoms with Crippen molar-refractivity contribution in [3.63, 3.8) is 0 Å². The van der Waals surface area contributed by atoms with Gasteiger partial charge in [0.05, 0.1) is 6.42 Å². The van der Waals surface area contributed by atoms with Crippen molar-refractivity contribution in [2.24, 2.45) is 0 Å². The SMILES string of the molecule is COCONC(=O)Cc1cccs1. The number of amides is 1. The molecule has 0 aliphatic carbocycles. The van der Waals surface area contributed by atoms with Crippen molar-refractivity contribution in [3.8, 4) is 0 Å². The van der Waals surface area contributed by atoms with Crippen LogP contribution in [0.15, 0.2) is 17.5 Å². The standard InChI is InChI=1S/C8H11NO3S/c1-11-6-12-9-8(10)5-7-3-2-4-13-7/h2-4H,5-6H2,1H3,(H,9,10). The maximum Gasteiger partial charge on any atom is 0.248 e. The molecule has 4 nitrogen and oxygen atoms in total.